The number of nitrogens with one attached hydrogen (secondary N) is 2. The van der Waals surface area contributed by atoms with Gasteiger partial charge in [0.05, 0.1) is 36.3 Å². The number of carbonyl (C=O) groups is 2. The van der Waals surface area contributed by atoms with Gasteiger partial charge in [0.2, 0.25) is 11.8 Å². The van der Waals surface area contributed by atoms with Crippen LogP contribution in [-0.2, 0) is 4.74 Å². The molecule has 17 nitrogen and oxygen atoms in total. The molecule has 1 heterocycles. The number of primary amides is 2. The molecule has 0 radical (unpaired) electrons. The van der Waals surface area contributed by atoms with Crippen LogP contribution >= 0.6 is 0 Å². The molecule has 0 unspecified atom stereocenters. The first-order valence-corrected chi connectivity index (χ1v) is 14.2. The molecule has 0 spiro atoms. The smallest absolute Gasteiger partial charge is 0.296 e. The number of nitro benzene ring substituents is 2. The lowest BCUT2D eigenvalue weighted by atomic mass is 10.1. The number of amides is 2. The van der Waals surface area contributed by atoms with E-state index in [-0.39, 0.29) is 73.3 Å². The van der Waals surface area contributed by atoms with Crippen molar-refractivity contribution in [2.24, 2.45) is 11.5 Å². The van der Waals surface area contributed by atoms with Gasteiger partial charge >= 0.3 is 0 Å². The molecule has 0 aromatic heterocycles. The third-order valence-corrected chi connectivity index (χ3v) is 6.63. The van der Waals surface area contributed by atoms with Crippen LogP contribution in [0.15, 0.2) is 36.4 Å². The van der Waals surface area contributed by atoms with Crippen molar-refractivity contribution in [3.63, 3.8) is 0 Å². The maximum Gasteiger partial charge on any atom is 0.296 e. The van der Waals surface area contributed by atoms with Crippen LogP contribution in [0.5, 0.6) is 11.5 Å². The highest BCUT2D eigenvalue weighted by Gasteiger charge is 2.24. The summed E-state index contributed by atoms with van der Waals surface area (Å²) >= 11 is 0. The first-order valence-electron chi connectivity index (χ1n) is 14.2. The highest BCUT2D eigenvalue weighted by molar-refractivity contribution is 5.96. The van der Waals surface area contributed by atoms with Crippen molar-refractivity contribution in [3.05, 3.63) is 67.8 Å². The number of nitrogens with two attached hydrogens (primary N) is 2. The van der Waals surface area contributed by atoms with Gasteiger partial charge in [-0.2, -0.15) is 0 Å². The van der Waals surface area contributed by atoms with Gasteiger partial charge in [-0.25, -0.2) is 0 Å². The topological polar surface area (TPSA) is 248 Å². The molecule has 244 valence electrons. The molecular formula is C28H37N7O10. The van der Waals surface area contributed by atoms with E-state index in [1.54, 1.807) is 12.2 Å². The molecule has 2 amide bonds. The predicted octanol–water partition coefficient (Wildman–Crippen LogP) is 1.64. The minimum absolute atomic E-state index is 0.00555. The number of anilines is 2. The van der Waals surface area contributed by atoms with Crippen LogP contribution in [0, 0.1) is 20.2 Å². The second-order valence-electron chi connectivity index (χ2n) is 9.79. The van der Waals surface area contributed by atoms with Crippen molar-refractivity contribution in [1.29, 1.82) is 0 Å². The summed E-state index contributed by atoms with van der Waals surface area (Å²) in [6.07, 6.45) is 4.13. The Balaban J connectivity index is 1.71. The average molecular weight is 632 g/mol. The number of ether oxygens (including phenoxy) is 3. The fraction of sp³-hybridized carbons (Fsp3) is 0.429. The molecule has 7 N–H and O–H groups in total. The monoisotopic (exact) mass is 631 g/mol. The fourth-order valence-corrected chi connectivity index (χ4v) is 4.39. The third-order valence-electron chi connectivity index (χ3n) is 6.63. The lowest BCUT2D eigenvalue weighted by Crippen LogP contribution is -2.37. The number of nitrogens with zero attached hydrogens (tertiary/aromatic N) is 3. The lowest BCUT2D eigenvalue weighted by molar-refractivity contribution is -0.384. The van der Waals surface area contributed by atoms with Crippen molar-refractivity contribution in [1.82, 2.24) is 4.90 Å². The number of nitro groups is 2. The molecule has 3 rings (SSSR count). The summed E-state index contributed by atoms with van der Waals surface area (Å²) < 4.78 is 16.8. The van der Waals surface area contributed by atoms with Gasteiger partial charge < -0.3 is 41.4 Å². The molecule has 2 aromatic carbocycles. The van der Waals surface area contributed by atoms with Gasteiger partial charge in [0.1, 0.15) is 11.5 Å². The van der Waals surface area contributed by atoms with Crippen molar-refractivity contribution in [2.45, 2.75) is 12.8 Å². The number of hydrogen-bond acceptors (Lipinski definition) is 13. The molecule has 0 atom stereocenters. The molecule has 1 aliphatic heterocycles. The number of rotatable bonds is 19. The van der Waals surface area contributed by atoms with Gasteiger partial charge in [-0.1, -0.05) is 12.2 Å². The molecular weight excluding hydrogens is 594 g/mol. The highest BCUT2D eigenvalue weighted by Crippen LogP contribution is 2.37. The predicted molar refractivity (Wildman–Crippen MR) is 164 cm³/mol. The minimum atomic E-state index is -0.874. The van der Waals surface area contributed by atoms with Crippen LogP contribution in [0.2, 0.25) is 0 Å². The molecule has 17 heteroatoms. The second kappa shape index (κ2) is 17.3. The van der Waals surface area contributed by atoms with Gasteiger partial charge in [0, 0.05) is 69.0 Å². The average Bonchev–Trinajstić information content (AvgIpc) is 3.01. The van der Waals surface area contributed by atoms with Crippen molar-refractivity contribution < 1.29 is 38.8 Å². The van der Waals surface area contributed by atoms with Crippen LogP contribution in [-0.4, -0.2) is 97.4 Å². The van der Waals surface area contributed by atoms with E-state index in [1.165, 1.54) is 12.1 Å². The molecule has 45 heavy (non-hydrogen) atoms. The van der Waals surface area contributed by atoms with Crippen molar-refractivity contribution >= 4 is 34.6 Å². The zero-order chi connectivity index (χ0) is 32.8. The molecule has 2 aromatic rings. The summed E-state index contributed by atoms with van der Waals surface area (Å²) in [6.45, 7) is 3.94. The summed E-state index contributed by atoms with van der Waals surface area (Å²) in [7, 11) is 0. The zero-order valence-corrected chi connectivity index (χ0v) is 24.6. The number of aliphatic hydroxyl groups is 1. The Kier molecular flexibility index (Phi) is 13.3. The number of hydrogen-bond donors (Lipinski definition) is 5. The van der Waals surface area contributed by atoms with E-state index in [2.05, 4.69) is 15.5 Å². The van der Waals surface area contributed by atoms with Crippen LogP contribution < -0.4 is 31.6 Å². The first-order chi connectivity index (χ1) is 21.6. The summed E-state index contributed by atoms with van der Waals surface area (Å²) in [5.74, 6) is -1.60. The molecule has 1 fully saturated rings. The highest BCUT2D eigenvalue weighted by atomic mass is 16.6. The van der Waals surface area contributed by atoms with Crippen LogP contribution in [0.1, 0.15) is 33.6 Å². The molecule has 0 bridgehead atoms. The van der Waals surface area contributed by atoms with Crippen LogP contribution in [0.4, 0.5) is 22.7 Å². The number of aliphatic hydroxyl groups excluding tert-OH is 1. The van der Waals surface area contributed by atoms with Crippen LogP contribution in [0.3, 0.4) is 0 Å². The van der Waals surface area contributed by atoms with Crippen molar-refractivity contribution in [3.8, 4) is 11.5 Å². The Morgan fingerprint density at radius 2 is 1.33 bits per heavy atom. The maximum atomic E-state index is 11.9. The summed E-state index contributed by atoms with van der Waals surface area (Å²) in [6, 6.07) is 4.73. The van der Waals surface area contributed by atoms with E-state index in [9.17, 15) is 29.8 Å². The Labute approximate surface area is 258 Å². The molecule has 1 aliphatic rings. The van der Waals surface area contributed by atoms with E-state index < -0.39 is 33.0 Å². The number of carbonyl (C=O) groups excluding carboxylic acids is 2. The third kappa shape index (κ3) is 10.3. The lowest BCUT2D eigenvalue weighted by Gasteiger charge is -2.26. The largest absolute Gasteiger partial charge is 0.491 e. The van der Waals surface area contributed by atoms with Gasteiger partial charge in [-0.15, -0.1) is 0 Å². The quantitative estimate of drug-likeness (QED) is 0.0641. The van der Waals surface area contributed by atoms with E-state index in [0.717, 1.165) is 31.8 Å². The van der Waals surface area contributed by atoms with Crippen molar-refractivity contribution in [2.75, 3.05) is 76.4 Å². The number of benzene rings is 2. The van der Waals surface area contributed by atoms with Gasteiger partial charge in [-0.3, -0.25) is 34.7 Å². The van der Waals surface area contributed by atoms with Gasteiger partial charge in [0.25, 0.3) is 11.4 Å². The Morgan fingerprint density at radius 3 is 1.76 bits per heavy atom. The van der Waals surface area contributed by atoms with Gasteiger partial charge in [0.15, 0.2) is 11.4 Å². The summed E-state index contributed by atoms with van der Waals surface area (Å²) in [5.41, 5.74) is 9.76. The Hall–Kier alpha value is -5.00. The Bertz CT molecular complexity index is 1400. The van der Waals surface area contributed by atoms with E-state index in [0.29, 0.717) is 19.6 Å². The van der Waals surface area contributed by atoms with Gasteiger partial charge in [-0.05, 0) is 18.6 Å². The normalized spacial score (nSPS) is 13.4. The molecule has 0 saturated carbocycles. The Morgan fingerprint density at radius 1 is 0.867 bits per heavy atom. The molecule has 1 saturated heterocycles. The summed E-state index contributed by atoms with van der Waals surface area (Å²) in [5, 5.41) is 38.5. The maximum absolute atomic E-state index is 11.9. The molecule has 0 aliphatic carbocycles. The second-order valence-corrected chi connectivity index (χ2v) is 9.79. The van der Waals surface area contributed by atoms with Crippen LogP contribution in [0.25, 0.3) is 0 Å². The first kappa shape index (κ1) is 34.5. The summed E-state index contributed by atoms with van der Waals surface area (Å²) in [4.78, 5) is 48.0. The van der Waals surface area contributed by atoms with E-state index >= 15 is 0 Å². The minimum Gasteiger partial charge on any atom is -0.491 e. The SMILES string of the molecule is NC(=O)c1cc(OCCCO)c(NC/C=C/CNc2c(OCCCN3CCOCC3)cc(C(N)=O)cc2[N+](=O)[O-])c([N+](=O)[O-])c1. The number of morpholine rings is 1. The van der Waals surface area contributed by atoms with E-state index in [1.807, 2.05) is 0 Å². The van der Waals surface area contributed by atoms with E-state index in [4.69, 9.17) is 30.8 Å². The zero-order valence-electron chi connectivity index (χ0n) is 24.6. The standard InChI is InChI=1S/C28H37N7O10/c29-27(37)19-15-21(34(39)40)25(23(17-19)44-11-3-7-33-8-13-43-14-9-33)31-5-1-2-6-32-26-22(35(41)42)16-20(28(30)38)18-24(26)45-12-4-10-36/h1-2,15-18,31-32,36H,3-14H2,(H2,29,37)(H2,30,38)/b2-1+. The fourth-order valence-electron chi connectivity index (χ4n) is 4.39.